The molecular formula is C25H20BrF3N4O5S. The standard InChI is InChI=1S/C25H20BrF3N4O5S/c1-14-2-4-16(5-3-14)39(35,36)33-10-17(26)21-20(6-7-30-23(21)33)38-22-18(27)8-15(9-19(22)28)32-24(34)31-11-25(29)12-37-13-25/h2-10H,11-13H2,1H3,(H2,31,32,34). The Morgan fingerprint density at radius 2 is 1.85 bits per heavy atom. The minimum Gasteiger partial charge on any atom is -0.450 e. The van der Waals surface area contributed by atoms with Crippen molar-refractivity contribution in [2.45, 2.75) is 17.5 Å². The molecule has 39 heavy (non-hydrogen) atoms. The van der Waals surface area contributed by atoms with Crippen LogP contribution in [0.2, 0.25) is 0 Å². The van der Waals surface area contributed by atoms with Gasteiger partial charge in [-0.2, -0.15) is 0 Å². The maximum Gasteiger partial charge on any atom is 0.319 e. The van der Waals surface area contributed by atoms with Crippen molar-refractivity contribution in [2.24, 2.45) is 0 Å². The Morgan fingerprint density at radius 3 is 2.46 bits per heavy atom. The lowest BCUT2D eigenvalue weighted by atomic mass is 10.1. The number of fused-ring (bicyclic) bond motifs is 1. The van der Waals surface area contributed by atoms with Gasteiger partial charge in [0, 0.05) is 34.7 Å². The van der Waals surface area contributed by atoms with Crippen molar-refractivity contribution in [1.29, 1.82) is 0 Å². The van der Waals surface area contributed by atoms with E-state index in [0.717, 1.165) is 21.7 Å². The van der Waals surface area contributed by atoms with Gasteiger partial charge in [-0.15, -0.1) is 0 Å². The third-order valence-electron chi connectivity index (χ3n) is 5.90. The van der Waals surface area contributed by atoms with Crippen LogP contribution in [0.25, 0.3) is 11.0 Å². The predicted octanol–water partition coefficient (Wildman–Crippen LogP) is 5.27. The number of urea groups is 1. The van der Waals surface area contributed by atoms with Gasteiger partial charge in [0.25, 0.3) is 10.0 Å². The fraction of sp³-hybridized carbons (Fsp3) is 0.200. The lowest BCUT2D eigenvalue weighted by Gasteiger charge is -2.33. The number of carbonyl (C=O) groups excluding carboxylic acids is 1. The molecule has 4 aromatic rings. The molecule has 0 bridgehead atoms. The SMILES string of the molecule is Cc1ccc(S(=O)(=O)n2cc(Br)c3c(Oc4c(F)cc(NC(=O)NCC5(F)COC5)cc4F)ccnc32)cc1. The summed E-state index contributed by atoms with van der Waals surface area (Å²) in [5.74, 6) is -3.15. The number of benzene rings is 2. The normalized spacial score (nSPS) is 14.6. The summed E-state index contributed by atoms with van der Waals surface area (Å²) in [5.41, 5.74) is -1.06. The highest BCUT2D eigenvalue weighted by Gasteiger charge is 2.39. The molecule has 0 atom stereocenters. The van der Waals surface area contributed by atoms with Gasteiger partial charge in [0.1, 0.15) is 5.75 Å². The summed E-state index contributed by atoms with van der Waals surface area (Å²) in [6.07, 6.45) is 2.52. The first-order valence-corrected chi connectivity index (χ1v) is 13.7. The summed E-state index contributed by atoms with van der Waals surface area (Å²) in [7, 11) is -4.05. The summed E-state index contributed by atoms with van der Waals surface area (Å²) >= 11 is 3.29. The van der Waals surface area contributed by atoms with Crippen molar-refractivity contribution in [3.63, 3.8) is 0 Å². The lowest BCUT2D eigenvalue weighted by molar-refractivity contribution is -0.125. The molecule has 2 amide bonds. The third kappa shape index (κ3) is 5.31. The number of aromatic nitrogens is 2. The minimum absolute atomic E-state index is 0.0255. The van der Waals surface area contributed by atoms with Crippen LogP contribution in [0.5, 0.6) is 11.5 Å². The molecule has 2 aromatic carbocycles. The number of aryl methyl sites for hydroxylation is 1. The molecule has 1 saturated heterocycles. The number of alkyl halides is 1. The van der Waals surface area contributed by atoms with Crippen LogP contribution in [0.4, 0.5) is 23.7 Å². The van der Waals surface area contributed by atoms with Crippen LogP contribution in [-0.4, -0.2) is 48.8 Å². The van der Waals surface area contributed by atoms with E-state index in [2.05, 4.69) is 31.5 Å². The largest absolute Gasteiger partial charge is 0.450 e. The Labute approximate surface area is 229 Å². The van der Waals surface area contributed by atoms with Crippen molar-refractivity contribution >= 4 is 48.7 Å². The molecule has 3 heterocycles. The van der Waals surface area contributed by atoms with Gasteiger partial charge in [0.15, 0.2) is 28.7 Å². The van der Waals surface area contributed by atoms with Crippen LogP contribution in [0.3, 0.4) is 0 Å². The number of halogens is 4. The van der Waals surface area contributed by atoms with Crippen molar-refractivity contribution in [2.75, 3.05) is 25.1 Å². The number of amides is 2. The van der Waals surface area contributed by atoms with Crippen LogP contribution >= 0.6 is 15.9 Å². The maximum atomic E-state index is 14.9. The zero-order valence-corrected chi connectivity index (χ0v) is 22.6. The average molecular weight is 625 g/mol. The summed E-state index contributed by atoms with van der Waals surface area (Å²) in [6.45, 7) is 1.20. The van der Waals surface area contributed by atoms with Gasteiger partial charge in [-0.3, -0.25) is 0 Å². The highest BCUT2D eigenvalue weighted by Crippen LogP contribution is 2.39. The molecule has 1 aliphatic rings. The molecule has 2 N–H and O–H groups in total. The molecule has 14 heteroatoms. The first-order chi connectivity index (χ1) is 18.5. The number of hydrogen-bond donors (Lipinski definition) is 2. The molecule has 1 fully saturated rings. The quantitative estimate of drug-likeness (QED) is 0.290. The van der Waals surface area contributed by atoms with Crippen molar-refractivity contribution in [1.82, 2.24) is 14.3 Å². The summed E-state index contributed by atoms with van der Waals surface area (Å²) in [6, 6.07) is 8.36. The Morgan fingerprint density at radius 1 is 1.18 bits per heavy atom. The van der Waals surface area contributed by atoms with E-state index in [1.807, 2.05) is 6.92 Å². The number of anilines is 1. The van der Waals surface area contributed by atoms with Gasteiger partial charge in [0.05, 0.1) is 30.0 Å². The first-order valence-electron chi connectivity index (χ1n) is 11.4. The van der Waals surface area contributed by atoms with E-state index < -0.39 is 39.1 Å². The number of nitrogens with one attached hydrogen (secondary N) is 2. The number of nitrogens with zero attached hydrogens (tertiary/aromatic N) is 2. The highest BCUT2D eigenvalue weighted by atomic mass is 79.9. The number of hydrogen-bond acceptors (Lipinski definition) is 6. The monoisotopic (exact) mass is 624 g/mol. The Balaban J connectivity index is 1.41. The Kier molecular flexibility index (Phi) is 7.03. The average Bonchev–Trinajstić information content (AvgIpc) is 3.22. The van der Waals surface area contributed by atoms with Gasteiger partial charge >= 0.3 is 6.03 Å². The molecule has 0 radical (unpaired) electrons. The van der Waals surface area contributed by atoms with Crippen molar-refractivity contribution in [3.05, 3.63) is 76.5 Å². The number of pyridine rings is 1. The van der Waals surface area contributed by atoms with Crippen LogP contribution < -0.4 is 15.4 Å². The maximum absolute atomic E-state index is 14.9. The van der Waals surface area contributed by atoms with Crippen LogP contribution in [0.1, 0.15) is 5.56 Å². The topological polar surface area (TPSA) is 112 Å². The fourth-order valence-corrected chi connectivity index (χ4v) is 5.86. The smallest absolute Gasteiger partial charge is 0.319 e. The second kappa shape index (κ2) is 10.2. The molecule has 9 nitrogen and oxygen atoms in total. The van der Waals surface area contributed by atoms with E-state index in [4.69, 9.17) is 9.47 Å². The van der Waals surface area contributed by atoms with E-state index in [-0.39, 0.29) is 51.6 Å². The van der Waals surface area contributed by atoms with Gasteiger partial charge in [-0.05, 0) is 41.1 Å². The number of rotatable bonds is 7. The van der Waals surface area contributed by atoms with E-state index in [0.29, 0.717) is 0 Å². The minimum atomic E-state index is -4.05. The summed E-state index contributed by atoms with van der Waals surface area (Å²) < 4.78 is 81.8. The molecule has 2 aromatic heterocycles. The number of ether oxygens (including phenoxy) is 2. The molecular weight excluding hydrogens is 605 g/mol. The van der Waals surface area contributed by atoms with Gasteiger partial charge < -0.3 is 20.1 Å². The second-order valence-corrected chi connectivity index (χ2v) is 11.6. The predicted molar refractivity (Wildman–Crippen MR) is 139 cm³/mol. The first kappa shape index (κ1) is 27.0. The fourth-order valence-electron chi connectivity index (χ4n) is 3.83. The summed E-state index contributed by atoms with van der Waals surface area (Å²) in [5, 5.41) is 4.67. The van der Waals surface area contributed by atoms with Gasteiger partial charge in [0.2, 0.25) is 0 Å². The molecule has 0 saturated carbocycles. The molecule has 204 valence electrons. The van der Waals surface area contributed by atoms with E-state index in [9.17, 15) is 26.4 Å². The summed E-state index contributed by atoms with van der Waals surface area (Å²) in [4.78, 5) is 16.2. The van der Waals surface area contributed by atoms with Gasteiger partial charge in [-0.25, -0.2) is 35.3 Å². The van der Waals surface area contributed by atoms with Crippen molar-refractivity contribution in [3.8, 4) is 11.5 Å². The van der Waals surface area contributed by atoms with Crippen molar-refractivity contribution < 1.29 is 35.9 Å². The molecule has 1 aliphatic heterocycles. The molecule has 5 rings (SSSR count). The zero-order valence-electron chi connectivity index (χ0n) is 20.2. The highest BCUT2D eigenvalue weighted by molar-refractivity contribution is 9.10. The Bertz CT molecular complexity index is 1670. The van der Waals surface area contributed by atoms with Crippen LogP contribution in [0, 0.1) is 18.6 Å². The van der Waals surface area contributed by atoms with E-state index in [1.165, 1.54) is 30.6 Å². The van der Waals surface area contributed by atoms with E-state index >= 15 is 0 Å². The van der Waals surface area contributed by atoms with E-state index in [1.54, 1.807) is 12.1 Å². The Hall–Kier alpha value is -3.62. The number of carbonyl (C=O) groups is 1. The van der Waals surface area contributed by atoms with Crippen LogP contribution in [0.15, 0.2) is 64.2 Å². The molecule has 0 aliphatic carbocycles. The molecule has 0 spiro atoms. The zero-order chi connectivity index (χ0) is 27.9. The third-order valence-corrected chi connectivity index (χ3v) is 8.17. The second-order valence-electron chi connectivity index (χ2n) is 8.92. The molecule has 0 unspecified atom stereocenters. The van der Waals surface area contributed by atoms with Crippen LogP contribution in [-0.2, 0) is 14.8 Å². The lowest BCUT2D eigenvalue weighted by Crippen LogP contribution is -2.54. The van der Waals surface area contributed by atoms with Gasteiger partial charge in [-0.1, -0.05) is 17.7 Å².